The fourth-order valence-electron chi connectivity index (χ4n) is 1.39. The molecule has 19 heavy (non-hydrogen) atoms. The molecule has 0 radical (unpaired) electrons. The number of hydrogen-bond donors (Lipinski definition) is 0. The number of thioether (sulfide) groups is 1. The highest BCUT2D eigenvalue weighted by Gasteiger charge is 2.02. The van der Waals surface area contributed by atoms with Crippen molar-refractivity contribution in [1.29, 1.82) is 0 Å². The molecule has 0 aliphatic carbocycles. The van der Waals surface area contributed by atoms with Crippen molar-refractivity contribution >= 4 is 51.7 Å². The summed E-state index contributed by atoms with van der Waals surface area (Å²) in [5.41, 5.74) is 0.471. The molecule has 2 nitrogen and oxygen atoms in total. The zero-order chi connectivity index (χ0) is 14.1. The van der Waals surface area contributed by atoms with E-state index in [1.165, 1.54) is 26.4 Å². The topological polar surface area (TPSA) is 26.3 Å². The Morgan fingerprint density at radius 3 is 2.79 bits per heavy atom. The first-order valence-corrected chi connectivity index (χ1v) is 9.29. The third-order valence-corrected chi connectivity index (χ3v) is 5.46. The molecular weight excluding hydrogens is 391 g/mol. The van der Waals surface area contributed by atoms with Gasteiger partial charge in [-0.2, -0.15) is 11.8 Å². The van der Waals surface area contributed by atoms with Crippen LogP contribution in [0.25, 0.3) is 0 Å². The number of esters is 1. The highest BCUT2D eigenvalue weighted by atomic mass is 127. The summed E-state index contributed by atoms with van der Waals surface area (Å²) >= 11 is 6.17. The summed E-state index contributed by atoms with van der Waals surface area (Å²) in [6.07, 6.45) is 3.30. The Hall–Kier alpha value is -0.0100. The Balaban J connectivity index is 1.91. The van der Waals surface area contributed by atoms with E-state index < -0.39 is 0 Å². The summed E-state index contributed by atoms with van der Waals surface area (Å²) in [7, 11) is 0. The van der Waals surface area contributed by atoms with E-state index in [1.54, 1.807) is 6.92 Å². The molecular formula is C14H19IO2S2. The van der Waals surface area contributed by atoms with E-state index in [-0.39, 0.29) is 5.97 Å². The molecule has 0 aliphatic rings. The molecule has 0 fully saturated rings. The van der Waals surface area contributed by atoms with E-state index in [4.69, 9.17) is 4.74 Å². The van der Waals surface area contributed by atoms with Crippen LogP contribution in [-0.2, 0) is 16.0 Å². The second kappa shape index (κ2) is 9.83. The standard InChI is InChI=1S/C14H19IO2S2/c1-11(2)14(16)17-8-4-10-18-9-3-5-12-6-7-13(15)19-12/h6-7H,1,3-5,8-10H2,2H3. The third-order valence-electron chi connectivity index (χ3n) is 2.36. The minimum Gasteiger partial charge on any atom is -0.462 e. The van der Waals surface area contributed by atoms with Gasteiger partial charge in [-0.05, 0) is 72.4 Å². The summed E-state index contributed by atoms with van der Waals surface area (Å²) < 4.78 is 6.39. The van der Waals surface area contributed by atoms with Crippen molar-refractivity contribution in [3.63, 3.8) is 0 Å². The van der Waals surface area contributed by atoms with Crippen LogP contribution in [0.3, 0.4) is 0 Å². The fraction of sp³-hybridized carbons (Fsp3) is 0.500. The molecule has 1 aromatic heterocycles. The van der Waals surface area contributed by atoms with Gasteiger partial charge >= 0.3 is 5.97 Å². The molecule has 0 atom stereocenters. The average molecular weight is 410 g/mol. The van der Waals surface area contributed by atoms with Gasteiger partial charge in [0.05, 0.1) is 9.49 Å². The Morgan fingerprint density at radius 1 is 1.42 bits per heavy atom. The summed E-state index contributed by atoms with van der Waals surface area (Å²) in [6.45, 7) is 5.72. The van der Waals surface area contributed by atoms with Gasteiger partial charge in [-0.15, -0.1) is 11.3 Å². The number of aryl methyl sites for hydroxylation is 1. The van der Waals surface area contributed by atoms with Crippen molar-refractivity contribution < 1.29 is 9.53 Å². The van der Waals surface area contributed by atoms with Crippen molar-refractivity contribution in [3.8, 4) is 0 Å². The average Bonchev–Trinajstić information content (AvgIpc) is 2.78. The molecule has 0 saturated carbocycles. The normalized spacial score (nSPS) is 10.4. The van der Waals surface area contributed by atoms with Crippen LogP contribution < -0.4 is 0 Å². The monoisotopic (exact) mass is 410 g/mol. The minimum atomic E-state index is -0.280. The predicted molar refractivity (Wildman–Crippen MR) is 93.1 cm³/mol. The number of thiophene rings is 1. The molecule has 0 spiro atoms. The smallest absolute Gasteiger partial charge is 0.333 e. The highest BCUT2D eigenvalue weighted by molar-refractivity contribution is 14.1. The first kappa shape index (κ1) is 17.0. The molecule has 0 N–H and O–H groups in total. The second-order valence-corrected chi connectivity index (χ2v) is 8.48. The van der Waals surface area contributed by atoms with Gasteiger partial charge in [0.15, 0.2) is 0 Å². The van der Waals surface area contributed by atoms with Gasteiger partial charge in [0.1, 0.15) is 0 Å². The van der Waals surface area contributed by atoms with E-state index in [9.17, 15) is 4.79 Å². The molecule has 0 aliphatic heterocycles. The van der Waals surface area contributed by atoms with Crippen molar-refractivity contribution in [2.45, 2.75) is 26.2 Å². The van der Waals surface area contributed by atoms with Crippen LogP contribution >= 0.6 is 45.7 Å². The maximum atomic E-state index is 11.1. The SMILES string of the molecule is C=C(C)C(=O)OCCCSCCCc1ccc(I)s1. The van der Waals surface area contributed by atoms with Gasteiger partial charge in [0, 0.05) is 10.5 Å². The molecule has 1 aromatic rings. The predicted octanol–water partition coefficient (Wildman–Crippen LogP) is 4.53. The first-order chi connectivity index (χ1) is 9.09. The van der Waals surface area contributed by atoms with Crippen LogP contribution in [0.5, 0.6) is 0 Å². The van der Waals surface area contributed by atoms with Crippen molar-refractivity contribution in [1.82, 2.24) is 0 Å². The van der Waals surface area contributed by atoms with E-state index in [2.05, 4.69) is 41.3 Å². The van der Waals surface area contributed by atoms with Gasteiger partial charge in [0.2, 0.25) is 0 Å². The number of hydrogen-bond acceptors (Lipinski definition) is 4. The molecule has 5 heteroatoms. The molecule has 0 aromatic carbocycles. The van der Waals surface area contributed by atoms with Crippen LogP contribution in [0, 0.1) is 2.88 Å². The summed E-state index contributed by atoms with van der Waals surface area (Å²) in [5.74, 6) is 1.94. The molecule has 0 saturated heterocycles. The lowest BCUT2D eigenvalue weighted by Crippen LogP contribution is -2.06. The molecule has 0 amide bonds. The maximum Gasteiger partial charge on any atom is 0.333 e. The van der Waals surface area contributed by atoms with E-state index >= 15 is 0 Å². The van der Waals surface area contributed by atoms with E-state index in [0.717, 1.165) is 12.2 Å². The zero-order valence-electron chi connectivity index (χ0n) is 11.1. The number of ether oxygens (including phenoxy) is 1. The van der Waals surface area contributed by atoms with Crippen LogP contribution in [0.1, 0.15) is 24.6 Å². The Morgan fingerprint density at radius 2 is 2.16 bits per heavy atom. The largest absolute Gasteiger partial charge is 0.462 e. The lowest BCUT2D eigenvalue weighted by molar-refractivity contribution is -0.138. The van der Waals surface area contributed by atoms with Gasteiger partial charge in [0.25, 0.3) is 0 Å². The van der Waals surface area contributed by atoms with Gasteiger partial charge in [-0.25, -0.2) is 4.79 Å². The lowest BCUT2D eigenvalue weighted by atomic mass is 10.3. The summed E-state index contributed by atoms with van der Waals surface area (Å²) in [4.78, 5) is 12.6. The van der Waals surface area contributed by atoms with Crippen LogP contribution in [-0.4, -0.2) is 24.1 Å². The lowest BCUT2D eigenvalue weighted by Gasteiger charge is -2.04. The number of carbonyl (C=O) groups is 1. The number of halogens is 1. The number of rotatable bonds is 9. The first-order valence-electron chi connectivity index (χ1n) is 6.24. The molecule has 0 bridgehead atoms. The molecule has 106 valence electrons. The van der Waals surface area contributed by atoms with Crippen LogP contribution in [0.4, 0.5) is 0 Å². The van der Waals surface area contributed by atoms with Gasteiger partial charge in [-0.3, -0.25) is 0 Å². The summed E-state index contributed by atoms with van der Waals surface area (Å²) in [6, 6.07) is 4.39. The van der Waals surface area contributed by atoms with E-state index in [1.807, 2.05) is 23.1 Å². The zero-order valence-corrected chi connectivity index (χ0v) is 14.9. The second-order valence-electron chi connectivity index (χ2n) is 4.19. The van der Waals surface area contributed by atoms with Crippen molar-refractivity contribution in [2.75, 3.05) is 18.1 Å². The Kier molecular flexibility index (Phi) is 8.81. The van der Waals surface area contributed by atoms with Crippen LogP contribution in [0.2, 0.25) is 0 Å². The van der Waals surface area contributed by atoms with Crippen LogP contribution in [0.15, 0.2) is 24.3 Å². The molecule has 0 unspecified atom stereocenters. The highest BCUT2D eigenvalue weighted by Crippen LogP contribution is 2.20. The quantitative estimate of drug-likeness (QED) is 0.259. The Bertz CT molecular complexity index is 415. The molecule has 1 heterocycles. The molecule has 1 rings (SSSR count). The maximum absolute atomic E-state index is 11.1. The van der Waals surface area contributed by atoms with E-state index in [0.29, 0.717) is 12.2 Å². The minimum absolute atomic E-state index is 0.280. The van der Waals surface area contributed by atoms with Crippen molar-refractivity contribution in [2.24, 2.45) is 0 Å². The summed E-state index contributed by atoms with van der Waals surface area (Å²) in [5, 5.41) is 0. The van der Waals surface area contributed by atoms with Crippen molar-refractivity contribution in [3.05, 3.63) is 32.0 Å². The van der Waals surface area contributed by atoms with Gasteiger partial charge < -0.3 is 4.74 Å². The fourth-order valence-corrected chi connectivity index (χ4v) is 4.06. The van der Waals surface area contributed by atoms with Gasteiger partial charge in [-0.1, -0.05) is 6.58 Å². The number of carbonyl (C=O) groups excluding carboxylic acids is 1. The Labute approximate surface area is 137 Å². The third kappa shape index (κ3) is 7.99.